The summed E-state index contributed by atoms with van der Waals surface area (Å²) in [5.41, 5.74) is 0.679. The summed E-state index contributed by atoms with van der Waals surface area (Å²) in [4.78, 5) is 43.0. The second-order valence-corrected chi connectivity index (χ2v) is 12.0. The molecule has 0 unspecified atom stereocenters. The molecule has 3 amide bonds. The predicted molar refractivity (Wildman–Crippen MR) is 166 cm³/mol. The lowest BCUT2D eigenvalue weighted by Gasteiger charge is -2.31. The number of benzene rings is 2. The van der Waals surface area contributed by atoms with Crippen molar-refractivity contribution in [3.8, 4) is 11.5 Å². The predicted octanol–water partition coefficient (Wildman–Crippen LogP) is 5.12. The number of carbonyl (C=O) groups is 3. The number of ether oxygens (including phenoxy) is 5. The van der Waals surface area contributed by atoms with Gasteiger partial charge in [0.05, 0.1) is 20.3 Å². The smallest absolute Gasteiger partial charge is 0.410 e. The van der Waals surface area contributed by atoms with Gasteiger partial charge in [-0.2, -0.15) is 0 Å². The average Bonchev–Trinajstić information content (AvgIpc) is 3.38. The number of alkyl carbamates (subject to hydrolysis) is 1. The fourth-order valence-corrected chi connectivity index (χ4v) is 4.83. The first-order valence-electron chi connectivity index (χ1n) is 15.0. The Morgan fingerprint density at radius 2 is 1.73 bits per heavy atom. The van der Waals surface area contributed by atoms with Crippen LogP contribution in [0.1, 0.15) is 57.0 Å². The number of likely N-dealkylation sites (tertiary alicyclic amines) is 1. The molecule has 11 nitrogen and oxygen atoms in total. The van der Waals surface area contributed by atoms with E-state index in [9.17, 15) is 14.4 Å². The Morgan fingerprint density at radius 1 is 1.00 bits per heavy atom. The van der Waals surface area contributed by atoms with Gasteiger partial charge in [0.1, 0.15) is 11.7 Å². The van der Waals surface area contributed by atoms with E-state index in [1.807, 2.05) is 44.2 Å². The lowest BCUT2D eigenvalue weighted by Crippen LogP contribution is -2.44. The van der Waals surface area contributed by atoms with Gasteiger partial charge in [0.2, 0.25) is 0 Å². The molecule has 44 heavy (non-hydrogen) atoms. The van der Waals surface area contributed by atoms with Crippen LogP contribution in [-0.2, 0) is 20.8 Å². The zero-order chi connectivity index (χ0) is 32.3. The number of hydrogen-bond donors (Lipinski definition) is 1. The largest absolute Gasteiger partial charge is 0.493 e. The van der Waals surface area contributed by atoms with E-state index in [2.05, 4.69) is 5.32 Å². The molecule has 2 aromatic rings. The summed E-state index contributed by atoms with van der Waals surface area (Å²) < 4.78 is 27.9. The van der Waals surface area contributed by atoms with Gasteiger partial charge in [-0.15, -0.1) is 0 Å². The highest BCUT2D eigenvalue weighted by molar-refractivity contribution is 5.95. The Labute approximate surface area is 260 Å². The molecule has 0 bridgehead atoms. The van der Waals surface area contributed by atoms with Crippen LogP contribution < -0.4 is 14.8 Å². The van der Waals surface area contributed by atoms with Gasteiger partial charge in [-0.1, -0.05) is 30.3 Å². The maximum atomic E-state index is 13.9. The molecule has 1 saturated heterocycles. The van der Waals surface area contributed by atoms with Crippen molar-refractivity contribution in [3.05, 3.63) is 59.7 Å². The summed E-state index contributed by atoms with van der Waals surface area (Å²) in [5.74, 6) is 0.423. The molecule has 0 radical (unpaired) electrons. The maximum Gasteiger partial charge on any atom is 0.410 e. The van der Waals surface area contributed by atoms with Gasteiger partial charge in [0.25, 0.3) is 5.91 Å². The van der Waals surface area contributed by atoms with Crippen LogP contribution >= 0.6 is 0 Å². The first-order chi connectivity index (χ1) is 20.9. The molecule has 1 fully saturated rings. The van der Waals surface area contributed by atoms with Gasteiger partial charge in [-0.25, -0.2) is 9.59 Å². The maximum absolute atomic E-state index is 13.9. The van der Waals surface area contributed by atoms with E-state index in [4.69, 9.17) is 23.7 Å². The summed E-state index contributed by atoms with van der Waals surface area (Å²) in [6.45, 7) is 11.2. The van der Waals surface area contributed by atoms with Crippen LogP contribution in [0.25, 0.3) is 0 Å². The molecule has 1 aliphatic rings. The molecule has 0 aromatic heterocycles. The van der Waals surface area contributed by atoms with Gasteiger partial charge >= 0.3 is 12.2 Å². The zero-order valence-electron chi connectivity index (χ0n) is 27.0. The molecule has 242 valence electrons. The van der Waals surface area contributed by atoms with Gasteiger partial charge < -0.3 is 38.8 Å². The highest BCUT2D eigenvalue weighted by Gasteiger charge is 2.41. The van der Waals surface area contributed by atoms with E-state index in [0.29, 0.717) is 43.2 Å². The second kappa shape index (κ2) is 16.2. The van der Waals surface area contributed by atoms with Crippen molar-refractivity contribution < 1.29 is 38.1 Å². The van der Waals surface area contributed by atoms with E-state index in [-0.39, 0.29) is 37.5 Å². The Balaban J connectivity index is 1.78. The quantitative estimate of drug-likeness (QED) is 0.310. The lowest BCUT2D eigenvalue weighted by molar-refractivity contribution is 0.0258. The Hall–Kier alpha value is -3.99. The van der Waals surface area contributed by atoms with Crippen molar-refractivity contribution in [1.29, 1.82) is 0 Å². The van der Waals surface area contributed by atoms with E-state index in [1.54, 1.807) is 58.1 Å². The highest BCUT2D eigenvalue weighted by atomic mass is 16.6. The van der Waals surface area contributed by atoms with Gasteiger partial charge in [0, 0.05) is 57.3 Å². The van der Waals surface area contributed by atoms with Crippen molar-refractivity contribution in [2.24, 2.45) is 5.92 Å². The number of methoxy groups -OCH3 is 2. The van der Waals surface area contributed by atoms with Gasteiger partial charge in [0.15, 0.2) is 11.5 Å². The highest BCUT2D eigenvalue weighted by Crippen LogP contribution is 2.30. The molecule has 3 rings (SSSR count). The summed E-state index contributed by atoms with van der Waals surface area (Å²) in [6.07, 6.45) is -1.05. The number of carbonyl (C=O) groups excluding carboxylic acids is 3. The van der Waals surface area contributed by atoms with Crippen molar-refractivity contribution in [1.82, 2.24) is 15.1 Å². The molecule has 2 aromatic carbocycles. The minimum Gasteiger partial charge on any atom is -0.493 e. The number of nitrogens with zero attached hydrogens (tertiary/aromatic N) is 2. The summed E-state index contributed by atoms with van der Waals surface area (Å²) in [6, 6.07) is 14.4. The van der Waals surface area contributed by atoms with Crippen molar-refractivity contribution in [2.75, 3.05) is 47.1 Å². The fraction of sp³-hybridized carbons (Fsp3) is 0.545. The third-order valence-corrected chi connectivity index (χ3v) is 7.05. The van der Waals surface area contributed by atoms with E-state index in [0.717, 1.165) is 5.56 Å². The molecule has 2 atom stereocenters. The van der Waals surface area contributed by atoms with Crippen LogP contribution in [0, 0.1) is 5.92 Å². The van der Waals surface area contributed by atoms with Crippen molar-refractivity contribution >= 4 is 18.1 Å². The van der Waals surface area contributed by atoms with Crippen LogP contribution in [0.2, 0.25) is 0 Å². The molecular formula is C33H47N3O8. The third-order valence-electron chi connectivity index (χ3n) is 7.05. The van der Waals surface area contributed by atoms with Crippen LogP contribution in [-0.4, -0.2) is 92.7 Å². The molecule has 1 N–H and O–H groups in total. The summed E-state index contributed by atoms with van der Waals surface area (Å²) in [7, 11) is 3.18. The number of rotatable bonds is 13. The minimum atomic E-state index is -0.684. The van der Waals surface area contributed by atoms with E-state index < -0.39 is 23.9 Å². The molecule has 11 heteroatoms. The van der Waals surface area contributed by atoms with Gasteiger partial charge in [-0.05, 0) is 58.4 Å². The molecular weight excluding hydrogens is 566 g/mol. The molecule has 1 heterocycles. The third kappa shape index (κ3) is 10.3. The minimum absolute atomic E-state index is 0.153. The number of amides is 3. The van der Waals surface area contributed by atoms with Crippen molar-refractivity contribution in [3.63, 3.8) is 0 Å². The van der Waals surface area contributed by atoms with Crippen LogP contribution in [0.5, 0.6) is 11.5 Å². The molecule has 1 aliphatic heterocycles. The topological polar surface area (TPSA) is 116 Å². The standard InChI is InChI=1S/C33H47N3O8/c1-23(2)36(30(37)25-14-15-27(41-7)28(18-25)42-17-11-16-40-6)21-26-20-35(32(39)44-33(3,4)5)22-29(26)43-31(38)34-19-24-12-9-8-10-13-24/h8-10,12-15,18,23,26,29H,11,16-17,19-22H2,1-7H3,(H,34,38)/t26-,29-/m1/s1. The average molecular weight is 614 g/mol. The summed E-state index contributed by atoms with van der Waals surface area (Å²) in [5, 5.41) is 2.79. The lowest BCUT2D eigenvalue weighted by atomic mass is 10.0. The monoisotopic (exact) mass is 613 g/mol. The molecule has 0 spiro atoms. The normalized spacial score (nSPS) is 16.4. The van der Waals surface area contributed by atoms with E-state index in [1.165, 1.54) is 4.90 Å². The van der Waals surface area contributed by atoms with Crippen molar-refractivity contribution in [2.45, 2.75) is 65.3 Å². The van der Waals surface area contributed by atoms with Gasteiger partial charge in [-0.3, -0.25) is 4.79 Å². The number of nitrogens with one attached hydrogen (secondary N) is 1. The van der Waals surface area contributed by atoms with Crippen LogP contribution in [0.15, 0.2) is 48.5 Å². The second-order valence-electron chi connectivity index (χ2n) is 12.0. The number of hydrogen-bond acceptors (Lipinski definition) is 8. The molecule has 0 saturated carbocycles. The SMILES string of the molecule is COCCCOc1cc(C(=O)N(C[C@H]2CN(C(=O)OC(C)(C)C)C[C@H]2OC(=O)NCc2ccccc2)C(C)C)ccc1OC. The van der Waals surface area contributed by atoms with Crippen LogP contribution in [0.3, 0.4) is 0 Å². The summed E-state index contributed by atoms with van der Waals surface area (Å²) >= 11 is 0. The Morgan fingerprint density at radius 3 is 2.36 bits per heavy atom. The Kier molecular flexibility index (Phi) is 12.7. The zero-order valence-corrected chi connectivity index (χ0v) is 27.0. The Bertz CT molecular complexity index is 1230. The first-order valence-corrected chi connectivity index (χ1v) is 15.0. The van der Waals surface area contributed by atoms with Crippen LogP contribution in [0.4, 0.5) is 9.59 Å². The van der Waals surface area contributed by atoms with E-state index >= 15 is 0 Å². The fourth-order valence-electron chi connectivity index (χ4n) is 4.83. The first kappa shape index (κ1) is 34.5. The molecule has 0 aliphatic carbocycles.